The summed E-state index contributed by atoms with van der Waals surface area (Å²) in [5, 5.41) is 5.84. The summed E-state index contributed by atoms with van der Waals surface area (Å²) in [6, 6.07) is 0. The van der Waals surface area contributed by atoms with Crippen LogP contribution < -0.4 is 10.6 Å². The van der Waals surface area contributed by atoms with Crippen molar-refractivity contribution in [1.82, 2.24) is 15.0 Å². The topological polar surface area (TPSA) is 81.2 Å². The highest BCUT2D eigenvalue weighted by Gasteiger charge is 2.03. The van der Waals surface area contributed by atoms with Gasteiger partial charge in [-0.3, -0.25) is 0 Å². The highest BCUT2D eigenvalue weighted by Crippen LogP contribution is 2.09. The van der Waals surface area contributed by atoms with E-state index in [4.69, 9.17) is 9.47 Å². The molecule has 0 aliphatic carbocycles. The molecule has 17 heavy (non-hydrogen) atoms. The summed E-state index contributed by atoms with van der Waals surface area (Å²) in [4.78, 5) is 12.3. The van der Waals surface area contributed by atoms with Gasteiger partial charge in [-0.2, -0.15) is 15.0 Å². The molecule has 7 nitrogen and oxygen atoms in total. The van der Waals surface area contributed by atoms with E-state index in [1.54, 1.807) is 0 Å². The van der Waals surface area contributed by atoms with E-state index in [1.165, 1.54) is 0 Å². The molecule has 0 saturated carbocycles. The van der Waals surface area contributed by atoms with Gasteiger partial charge in [0.1, 0.15) is 13.5 Å². The Morgan fingerprint density at radius 2 is 1.41 bits per heavy atom. The first kappa shape index (κ1) is 14.1. The summed E-state index contributed by atoms with van der Waals surface area (Å²) in [5.41, 5.74) is 0. The number of ether oxygens (including phenoxy) is 2. The summed E-state index contributed by atoms with van der Waals surface area (Å²) in [6.45, 7) is 5.82. The fourth-order valence-electron chi connectivity index (χ4n) is 0.943. The number of hydrogen-bond acceptors (Lipinski definition) is 7. The molecule has 0 aliphatic rings. The van der Waals surface area contributed by atoms with Crippen molar-refractivity contribution in [2.24, 2.45) is 0 Å². The lowest BCUT2D eigenvalue weighted by Gasteiger charge is -2.08. The van der Waals surface area contributed by atoms with E-state index >= 15 is 0 Å². The third-order valence-electron chi connectivity index (χ3n) is 1.68. The molecule has 0 amide bonds. The minimum absolute atomic E-state index is 0.359. The largest absolute Gasteiger partial charge is 0.362 e. The van der Waals surface area contributed by atoms with Gasteiger partial charge < -0.3 is 20.1 Å². The Hall–Kier alpha value is -0.990. The first-order valence-electron chi connectivity index (χ1n) is 5.31. The van der Waals surface area contributed by atoms with E-state index in [2.05, 4.69) is 41.5 Å². The first-order valence-corrected chi connectivity index (χ1v) is 6.10. The average molecular weight is 306 g/mol. The molecule has 1 aromatic rings. The van der Waals surface area contributed by atoms with E-state index in [0.717, 1.165) is 0 Å². The van der Waals surface area contributed by atoms with Crippen LogP contribution in [0.4, 0.5) is 11.9 Å². The Morgan fingerprint density at radius 1 is 0.941 bits per heavy atom. The van der Waals surface area contributed by atoms with Crippen molar-refractivity contribution >= 4 is 27.8 Å². The molecule has 1 heterocycles. The van der Waals surface area contributed by atoms with Crippen LogP contribution in [0.2, 0.25) is 0 Å². The zero-order valence-electron chi connectivity index (χ0n) is 9.86. The smallest absolute Gasteiger partial charge is 0.230 e. The summed E-state index contributed by atoms with van der Waals surface area (Å²) < 4.78 is 10.7. The SMILES string of the molecule is CCOCNc1nc(Br)nc(NCOCC)n1. The zero-order valence-corrected chi connectivity index (χ0v) is 11.5. The summed E-state index contributed by atoms with van der Waals surface area (Å²) in [5.74, 6) is 0.888. The van der Waals surface area contributed by atoms with Gasteiger partial charge in [-0.15, -0.1) is 0 Å². The van der Waals surface area contributed by atoms with Crippen LogP contribution in [0.15, 0.2) is 4.73 Å². The van der Waals surface area contributed by atoms with Crippen LogP contribution >= 0.6 is 15.9 Å². The van der Waals surface area contributed by atoms with Crippen LogP contribution in [0.1, 0.15) is 13.8 Å². The number of nitrogens with zero attached hydrogens (tertiary/aromatic N) is 3. The maximum absolute atomic E-state index is 5.14. The summed E-state index contributed by atoms with van der Waals surface area (Å²) in [7, 11) is 0. The number of hydrogen-bond donors (Lipinski definition) is 2. The molecule has 0 spiro atoms. The Kier molecular flexibility index (Phi) is 6.75. The number of rotatable bonds is 8. The van der Waals surface area contributed by atoms with Crippen molar-refractivity contribution in [3.05, 3.63) is 4.73 Å². The maximum atomic E-state index is 5.14. The van der Waals surface area contributed by atoms with E-state index in [9.17, 15) is 0 Å². The average Bonchev–Trinajstić information content (AvgIpc) is 2.29. The summed E-state index contributed by atoms with van der Waals surface area (Å²) >= 11 is 3.21. The number of halogens is 1. The minimum atomic E-state index is 0.359. The first-order chi connectivity index (χ1) is 8.26. The second-order valence-electron chi connectivity index (χ2n) is 2.88. The van der Waals surface area contributed by atoms with Gasteiger partial charge in [-0.1, -0.05) is 0 Å². The van der Waals surface area contributed by atoms with Gasteiger partial charge in [-0.05, 0) is 29.8 Å². The minimum Gasteiger partial charge on any atom is -0.362 e. The van der Waals surface area contributed by atoms with Gasteiger partial charge in [0.2, 0.25) is 16.6 Å². The molecular formula is C9H16BrN5O2. The molecule has 0 aliphatic heterocycles. The molecule has 1 aromatic heterocycles. The van der Waals surface area contributed by atoms with Gasteiger partial charge in [0.25, 0.3) is 0 Å². The van der Waals surface area contributed by atoms with Crippen molar-refractivity contribution in [1.29, 1.82) is 0 Å². The van der Waals surface area contributed by atoms with E-state index in [-0.39, 0.29) is 0 Å². The number of nitrogens with one attached hydrogen (secondary N) is 2. The maximum Gasteiger partial charge on any atom is 0.230 e. The number of anilines is 2. The molecule has 0 bridgehead atoms. The molecular weight excluding hydrogens is 290 g/mol. The zero-order chi connectivity index (χ0) is 12.5. The Bertz CT molecular complexity index is 311. The van der Waals surface area contributed by atoms with E-state index in [1.807, 2.05) is 13.8 Å². The van der Waals surface area contributed by atoms with Crippen LogP contribution in [-0.4, -0.2) is 41.6 Å². The normalized spacial score (nSPS) is 10.3. The van der Waals surface area contributed by atoms with Crippen molar-refractivity contribution in [2.75, 3.05) is 37.3 Å². The lowest BCUT2D eigenvalue weighted by Crippen LogP contribution is -2.13. The molecule has 0 aromatic carbocycles. The Balaban J connectivity index is 2.53. The van der Waals surface area contributed by atoms with Crippen molar-refractivity contribution in [3.8, 4) is 0 Å². The Labute approximate surface area is 108 Å². The monoisotopic (exact) mass is 305 g/mol. The molecule has 2 N–H and O–H groups in total. The fourth-order valence-corrected chi connectivity index (χ4v) is 1.28. The molecule has 0 atom stereocenters. The predicted molar refractivity (Wildman–Crippen MR) is 67.8 cm³/mol. The molecule has 8 heteroatoms. The van der Waals surface area contributed by atoms with Gasteiger partial charge >= 0.3 is 0 Å². The van der Waals surface area contributed by atoms with Gasteiger partial charge in [0.05, 0.1) is 0 Å². The Morgan fingerprint density at radius 3 is 1.82 bits per heavy atom. The summed E-state index contributed by atoms with van der Waals surface area (Å²) in [6.07, 6.45) is 0. The predicted octanol–water partition coefficient (Wildman–Crippen LogP) is 1.45. The van der Waals surface area contributed by atoms with Crippen molar-refractivity contribution in [2.45, 2.75) is 13.8 Å². The highest BCUT2D eigenvalue weighted by atomic mass is 79.9. The standard InChI is InChI=1S/C9H16BrN5O2/c1-3-16-5-11-8-13-7(10)14-9(15-8)12-6-17-4-2/h3-6H2,1-2H3,(H2,11,12,13,14,15). The van der Waals surface area contributed by atoms with Gasteiger partial charge in [0.15, 0.2) is 0 Å². The van der Waals surface area contributed by atoms with Crippen LogP contribution in [-0.2, 0) is 9.47 Å². The van der Waals surface area contributed by atoms with Crippen LogP contribution in [0.5, 0.6) is 0 Å². The molecule has 0 fully saturated rings. The molecule has 0 saturated heterocycles. The molecule has 0 radical (unpaired) electrons. The second kappa shape index (κ2) is 8.15. The van der Waals surface area contributed by atoms with Crippen LogP contribution in [0.25, 0.3) is 0 Å². The van der Waals surface area contributed by atoms with Gasteiger partial charge in [-0.25, -0.2) is 0 Å². The van der Waals surface area contributed by atoms with E-state index < -0.39 is 0 Å². The third-order valence-corrected chi connectivity index (χ3v) is 2.04. The van der Waals surface area contributed by atoms with Gasteiger partial charge in [0, 0.05) is 13.2 Å². The molecule has 96 valence electrons. The highest BCUT2D eigenvalue weighted by molar-refractivity contribution is 9.10. The van der Waals surface area contributed by atoms with Crippen LogP contribution in [0, 0.1) is 0 Å². The lowest BCUT2D eigenvalue weighted by molar-refractivity contribution is 0.165. The molecule has 1 rings (SSSR count). The van der Waals surface area contributed by atoms with Crippen molar-refractivity contribution in [3.63, 3.8) is 0 Å². The van der Waals surface area contributed by atoms with Crippen LogP contribution in [0.3, 0.4) is 0 Å². The third kappa shape index (κ3) is 5.76. The van der Waals surface area contributed by atoms with Crippen molar-refractivity contribution < 1.29 is 9.47 Å². The lowest BCUT2D eigenvalue weighted by atomic mass is 10.8. The molecule has 0 unspecified atom stereocenters. The van der Waals surface area contributed by atoms with E-state index in [0.29, 0.717) is 43.3 Å². The number of aromatic nitrogens is 3. The fraction of sp³-hybridized carbons (Fsp3) is 0.667. The quantitative estimate of drug-likeness (QED) is 0.555. The second-order valence-corrected chi connectivity index (χ2v) is 3.59.